The average molecular weight is 376 g/mol. The van der Waals surface area contributed by atoms with Crippen molar-refractivity contribution in [2.75, 3.05) is 19.0 Å². The topological polar surface area (TPSA) is 108 Å². The largest absolute Gasteiger partial charge is 0.497 e. The van der Waals surface area contributed by atoms with Crippen LogP contribution in [0.5, 0.6) is 5.75 Å². The van der Waals surface area contributed by atoms with E-state index >= 15 is 0 Å². The molecule has 0 spiro atoms. The quantitative estimate of drug-likeness (QED) is 0.471. The molecule has 2 rings (SSSR count). The lowest BCUT2D eigenvalue weighted by molar-refractivity contribution is -0.384. The van der Waals surface area contributed by atoms with E-state index in [1.165, 1.54) is 25.3 Å². The number of amides is 1. The number of anilines is 1. The van der Waals surface area contributed by atoms with Gasteiger partial charge in [0.25, 0.3) is 11.6 Å². The van der Waals surface area contributed by atoms with E-state index in [0.717, 1.165) is 11.6 Å². The van der Waals surface area contributed by atoms with Crippen molar-refractivity contribution in [1.82, 2.24) is 0 Å². The van der Waals surface area contributed by atoms with E-state index in [1.54, 1.807) is 19.9 Å². The van der Waals surface area contributed by atoms with Crippen molar-refractivity contribution in [3.8, 4) is 5.75 Å². The molecule has 0 aliphatic carbocycles. The Hall–Kier alpha value is -3.49. The molecule has 0 heterocycles. The van der Waals surface area contributed by atoms with Crippen LogP contribution in [0.25, 0.3) is 0 Å². The Balaban J connectivity index is 2.08. The second-order valence-electron chi connectivity index (χ2n) is 5.63. The molecule has 0 atom stereocenters. The monoisotopic (exact) mass is 376 g/mol. The van der Waals surface area contributed by atoms with Crippen LogP contribution in [0.1, 0.15) is 21.5 Å². The molecule has 0 unspecified atom stereocenters. The Labute approximate surface area is 154 Å². The Morgan fingerprint density at radius 2 is 1.93 bits per heavy atom. The summed E-state index contributed by atoms with van der Waals surface area (Å²) in [5.74, 6) is -2.45. The van der Waals surface area contributed by atoms with Crippen molar-refractivity contribution in [1.29, 1.82) is 0 Å². The first-order valence-corrected chi connectivity index (χ1v) is 7.79. The summed E-state index contributed by atoms with van der Waals surface area (Å²) in [5.41, 5.74) is 0.648. The summed E-state index contributed by atoms with van der Waals surface area (Å²) in [7, 11) is 1.35. The van der Waals surface area contributed by atoms with Gasteiger partial charge in [0, 0.05) is 12.1 Å². The van der Waals surface area contributed by atoms with Gasteiger partial charge < -0.3 is 14.8 Å². The van der Waals surface area contributed by atoms with Gasteiger partial charge >= 0.3 is 5.97 Å². The van der Waals surface area contributed by atoms with Gasteiger partial charge in [0.05, 0.1) is 17.6 Å². The predicted octanol–water partition coefficient (Wildman–Crippen LogP) is 3.15. The lowest BCUT2D eigenvalue weighted by Gasteiger charge is -2.11. The minimum atomic E-state index is -1.04. The second-order valence-corrected chi connectivity index (χ2v) is 5.63. The van der Waals surface area contributed by atoms with Crippen molar-refractivity contribution in [2.24, 2.45) is 0 Å². The van der Waals surface area contributed by atoms with Gasteiger partial charge in [-0.3, -0.25) is 14.9 Å². The number of esters is 1. The van der Waals surface area contributed by atoms with Crippen molar-refractivity contribution in [3.05, 3.63) is 63.0 Å². The third-order valence-electron chi connectivity index (χ3n) is 3.91. The predicted molar refractivity (Wildman–Crippen MR) is 94.4 cm³/mol. The first-order valence-electron chi connectivity index (χ1n) is 7.79. The number of hydrogen-bond acceptors (Lipinski definition) is 6. The maximum atomic E-state index is 13.8. The number of nitrogens with zero attached hydrogens (tertiary/aromatic N) is 1. The van der Waals surface area contributed by atoms with Gasteiger partial charge in [0.2, 0.25) is 0 Å². The summed E-state index contributed by atoms with van der Waals surface area (Å²) >= 11 is 0. The van der Waals surface area contributed by atoms with E-state index in [4.69, 9.17) is 9.47 Å². The van der Waals surface area contributed by atoms with Gasteiger partial charge in [0.1, 0.15) is 17.3 Å². The number of nitro groups is 1. The fraction of sp³-hybridized carbons (Fsp3) is 0.222. The molecular weight excluding hydrogens is 359 g/mol. The van der Waals surface area contributed by atoms with E-state index in [0.29, 0.717) is 5.56 Å². The maximum absolute atomic E-state index is 13.8. The highest BCUT2D eigenvalue weighted by Crippen LogP contribution is 2.30. The van der Waals surface area contributed by atoms with Crippen molar-refractivity contribution < 1.29 is 28.4 Å². The molecule has 27 heavy (non-hydrogen) atoms. The van der Waals surface area contributed by atoms with Crippen molar-refractivity contribution in [2.45, 2.75) is 13.8 Å². The van der Waals surface area contributed by atoms with E-state index in [2.05, 4.69) is 5.32 Å². The smallest absolute Gasteiger partial charge is 0.341 e. The zero-order chi connectivity index (χ0) is 20.1. The number of rotatable bonds is 6. The number of hydrogen-bond donors (Lipinski definition) is 1. The highest BCUT2D eigenvalue weighted by atomic mass is 19.1. The van der Waals surface area contributed by atoms with Crippen LogP contribution in [0.3, 0.4) is 0 Å². The minimum absolute atomic E-state index is 0.0247. The molecular formula is C18H17FN2O6. The lowest BCUT2D eigenvalue weighted by Crippen LogP contribution is -2.22. The summed E-state index contributed by atoms with van der Waals surface area (Å²) in [6, 6.07) is 6.39. The first kappa shape index (κ1) is 19.8. The molecule has 0 aliphatic heterocycles. The van der Waals surface area contributed by atoms with E-state index in [-0.39, 0.29) is 22.7 Å². The maximum Gasteiger partial charge on any atom is 0.341 e. The van der Waals surface area contributed by atoms with Gasteiger partial charge in [-0.1, -0.05) is 6.07 Å². The summed E-state index contributed by atoms with van der Waals surface area (Å²) in [6.45, 7) is 2.63. The van der Waals surface area contributed by atoms with Gasteiger partial charge in [-0.25, -0.2) is 9.18 Å². The number of nitrogens with one attached hydrogen (secondary N) is 1. The molecule has 2 aromatic rings. The lowest BCUT2D eigenvalue weighted by atomic mass is 10.1. The highest BCUT2D eigenvalue weighted by Gasteiger charge is 2.21. The zero-order valence-electron chi connectivity index (χ0n) is 14.9. The van der Waals surface area contributed by atoms with Gasteiger partial charge in [0.15, 0.2) is 6.61 Å². The fourth-order valence-corrected chi connectivity index (χ4v) is 2.28. The van der Waals surface area contributed by atoms with Crippen LogP contribution < -0.4 is 10.1 Å². The number of methoxy groups -OCH3 is 1. The molecule has 0 aromatic heterocycles. The van der Waals surface area contributed by atoms with E-state index < -0.39 is 29.2 Å². The first-order chi connectivity index (χ1) is 12.7. The molecule has 0 saturated carbocycles. The van der Waals surface area contributed by atoms with Crippen LogP contribution in [0, 0.1) is 29.8 Å². The Morgan fingerprint density at radius 1 is 1.22 bits per heavy atom. The van der Waals surface area contributed by atoms with Crippen LogP contribution in [0.4, 0.5) is 15.8 Å². The standard InChI is InChI=1S/C18H17FN2O6/c1-10-4-7-15(21(24)25)17(11(10)2)20-16(22)9-27-18(23)13-6-5-12(26-3)8-14(13)19/h4-8H,9H2,1-3H3,(H,20,22). The number of carbonyl (C=O) groups excluding carboxylic acids is 2. The van der Waals surface area contributed by atoms with E-state index in [9.17, 15) is 24.1 Å². The van der Waals surface area contributed by atoms with Gasteiger partial charge in [-0.15, -0.1) is 0 Å². The van der Waals surface area contributed by atoms with Crippen molar-refractivity contribution in [3.63, 3.8) is 0 Å². The number of ether oxygens (including phenoxy) is 2. The molecule has 2 aromatic carbocycles. The SMILES string of the molecule is COc1ccc(C(=O)OCC(=O)Nc2c([N+](=O)[O-])ccc(C)c2C)c(F)c1. The third kappa shape index (κ3) is 4.57. The highest BCUT2D eigenvalue weighted by molar-refractivity contribution is 5.97. The third-order valence-corrected chi connectivity index (χ3v) is 3.91. The number of benzene rings is 2. The van der Waals surface area contributed by atoms with Gasteiger partial charge in [-0.05, 0) is 37.1 Å². The zero-order valence-corrected chi connectivity index (χ0v) is 14.9. The number of carbonyl (C=O) groups is 2. The molecule has 1 amide bonds. The molecule has 0 radical (unpaired) electrons. The molecule has 0 saturated heterocycles. The molecule has 1 N–H and O–H groups in total. The van der Waals surface area contributed by atoms with Crippen LogP contribution in [-0.4, -0.2) is 30.5 Å². The molecule has 0 aliphatic rings. The summed E-state index contributed by atoms with van der Waals surface area (Å²) < 4.78 is 23.5. The molecule has 9 heteroatoms. The fourth-order valence-electron chi connectivity index (χ4n) is 2.28. The Bertz CT molecular complexity index is 913. The minimum Gasteiger partial charge on any atom is -0.497 e. The van der Waals surface area contributed by atoms with Crippen LogP contribution >= 0.6 is 0 Å². The summed E-state index contributed by atoms with van der Waals surface area (Å²) in [4.78, 5) is 34.5. The summed E-state index contributed by atoms with van der Waals surface area (Å²) in [6.07, 6.45) is 0. The summed E-state index contributed by atoms with van der Waals surface area (Å²) in [5, 5.41) is 13.5. The molecule has 0 bridgehead atoms. The van der Waals surface area contributed by atoms with Gasteiger partial charge in [-0.2, -0.15) is 0 Å². The number of halogens is 1. The normalized spacial score (nSPS) is 10.2. The van der Waals surface area contributed by atoms with Crippen molar-refractivity contribution >= 4 is 23.3 Å². The number of aryl methyl sites for hydroxylation is 1. The average Bonchev–Trinajstić information content (AvgIpc) is 2.63. The second kappa shape index (κ2) is 8.26. The Morgan fingerprint density at radius 3 is 2.52 bits per heavy atom. The van der Waals surface area contributed by atoms with Crippen LogP contribution in [0.2, 0.25) is 0 Å². The molecule has 8 nitrogen and oxygen atoms in total. The van der Waals surface area contributed by atoms with Crippen LogP contribution in [0.15, 0.2) is 30.3 Å². The molecule has 0 fully saturated rings. The number of nitro benzene ring substituents is 1. The van der Waals surface area contributed by atoms with E-state index in [1.807, 2.05) is 0 Å². The van der Waals surface area contributed by atoms with Crippen LogP contribution in [-0.2, 0) is 9.53 Å². The molecule has 142 valence electrons. The Kier molecular flexibility index (Phi) is 6.07.